The highest BCUT2D eigenvalue weighted by atomic mass is 32.1. The highest BCUT2D eigenvalue weighted by Gasteiger charge is 2.24. The van der Waals surface area contributed by atoms with Crippen LogP contribution in [0.3, 0.4) is 0 Å². The normalized spacial score (nSPS) is 17.7. The molecule has 1 aromatic carbocycles. The average Bonchev–Trinajstić information content (AvgIpc) is 3.46. The van der Waals surface area contributed by atoms with E-state index in [2.05, 4.69) is 69.7 Å². The van der Waals surface area contributed by atoms with Crippen LogP contribution in [0, 0.1) is 6.92 Å². The molecule has 144 valence electrons. The molecule has 0 radical (unpaired) electrons. The summed E-state index contributed by atoms with van der Waals surface area (Å²) < 4.78 is 4.55. The van der Waals surface area contributed by atoms with Crippen molar-refractivity contribution >= 4 is 16.3 Å². The number of hydrogen-bond acceptors (Lipinski definition) is 4. The Labute approximate surface area is 169 Å². The molecular formula is C22H25N5S. The molecule has 4 aromatic rings. The van der Waals surface area contributed by atoms with E-state index >= 15 is 0 Å². The van der Waals surface area contributed by atoms with Crippen LogP contribution in [0.1, 0.15) is 25.0 Å². The average molecular weight is 392 g/mol. The first-order valence-electron chi connectivity index (χ1n) is 9.95. The summed E-state index contributed by atoms with van der Waals surface area (Å²) in [5, 5.41) is 2.10. The summed E-state index contributed by atoms with van der Waals surface area (Å²) in [6.45, 7) is 4.29. The Balaban J connectivity index is 1.61. The molecule has 0 unspecified atom stereocenters. The van der Waals surface area contributed by atoms with Gasteiger partial charge in [0.25, 0.3) is 0 Å². The number of likely N-dealkylation sites (tertiary alicyclic amines) is 1. The van der Waals surface area contributed by atoms with Crippen LogP contribution in [-0.4, -0.2) is 43.5 Å². The van der Waals surface area contributed by atoms with Crippen LogP contribution < -0.4 is 0 Å². The number of nitrogens with zero attached hydrogens (tertiary/aromatic N) is 5. The van der Waals surface area contributed by atoms with E-state index < -0.39 is 0 Å². The van der Waals surface area contributed by atoms with Crippen molar-refractivity contribution in [1.29, 1.82) is 0 Å². The third-order valence-electron chi connectivity index (χ3n) is 5.92. The summed E-state index contributed by atoms with van der Waals surface area (Å²) in [6.07, 6.45) is 7.89. The van der Waals surface area contributed by atoms with Crippen LogP contribution in [0.15, 0.2) is 48.2 Å². The fraction of sp³-hybridized carbons (Fsp3) is 0.364. The molecule has 0 amide bonds. The molecule has 1 saturated heterocycles. The second-order valence-corrected chi connectivity index (χ2v) is 8.54. The summed E-state index contributed by atoms with van der Waals surface area (Å²) in [5.41, 5.74) is 5.58. The first-order valence-corrected chi connectivity index (χ1v) is 10.8. The zero-order valence-corrected chi connectivity index (χ0v) is 17.2. The van der Waals surface area contributed by atoms with Gasteiger partial charge in [0, 0.05) is 29.7 Å². The van der Waals surface area contributed by atoms with Crippen LogP contribution in [0.25, 0.3) is 27.6 Å². The molecule has 28 heavy (non-hydrogen) atoms. The van der Waals surface area contributed by atoms with E-state index in [1.165, 1.54) is 25.1 Å². The first-order chi connectivity index (χ1) is 13.7. The smallest absolute Gasteiger partial charge is 0.194 e. The first kappa shape index (κ1) is 17.6. The second-order valence-electron chi connectivity index (χ2n) is 7.67. The summed E-state index contributed by atoms with van der Waals surface area (Å²) in [5.74, 6) is 0. The topological polar surface area (TPSA) is 38.4 Å². The van der Waals surface area contributed by atoms with Crippen molar-refractivity contribution in [2.45, 2.75) is 38.8 Å². The van der Waals surface area contributed by atoms with Crippen molar-refractivity contribution in [1.82, 2.24) is 23.8 Å². The van der Waals surface area contributed by atoms with Gasteiger partial charge < -0.3 is 9.47 Å². The Kier molecular flexibility index (Phi) is 4.53. The van der Waals surface area contributed by atoms with Gasteiger partial charge in [0.1, 0.15) is 0 Å². The van der Waals surface area contributed by atoms with Crippen molar-refractivity contribution in [3.8, 4) is 22.6 Å². The lowest BCUT2D eigenvalue weighted by Crippen LogP contribution is -2.26. The molecule has 0 bridgehead atoms. The van der Waals surface area contributed by atoms with Gasteiger partial charge in [-0.05, 0) is 39.8 Å². The van der Waals surface area contributed by atoms with Crippen molar-refractivity contribution in [3.63, 3.8) is 0 Å². The van der Waals surface area contributed by atoms with Gasteiger partial charge in [-0.25, -0.2) is 9.97 Å². The maximum atomic E-state index is 4.85. The molecule has 0 aliphatic carbocycles. The van der Waals surface area contributed by atoms with Crippen molar-refractivity contribution in [2.75, 3.05) is 13.6 Å². The fourth-order valence-corrected chi connectivity index (χ4v) is 5.18. The number of imidazole rings is 2. The zero-order chi connectivity index (χ0) is 19.1. The third kappa shape index (κ3) is 2.97. The summed E-state index contributed by atoms with van der Waals surface area (Å²) in [6, 6.07) is 11.2. The Morgan fingerprint density at radius 1 is 1.18 bits per heavy atom. The summed E-state index contributed by atoms with van der Waals surface area (Å²) in [4.78, 5) is 13.2. The predicted molar refractivity (Wildman–Crippen MR) is 115 cm³/mol. The van der Waals surface area contributed by atoms with Gasteiger partial charge >= 0.3 is 0 Å². The zero-order valence-electron chi connectivity index (χ0n) is 16.4. The van der Waals surface area contributed by atoms with Crippen molar-refractivity contribution < 1.29 is 0 Å². The van der Waals surface area contributed by atoms with Crippen LogP contribution in [-0.2, 0) is 6.54 Å². The minimum Gasteiger partial charge on any atom is -0.329 e. The van der Waals surface area contributed by atoms with E-state index in [1.54, 1.807) is 11.3 Å². The molecule has 4 heterocycles. The monoisotopic (exact) mass is 391 g/mol. The highest BCUT2D eigenvalue weighted by Crippen LogP contribution is 2.35. The number of aryl methyl sites for hydroxylation is 2. The number of thiazole rings is 1. The van der Waals surface area contributed by atoms with Crippen molar-refractivity contribution in [2.24, 2.45) is 0 Å². The summed E-state index contributed by atoms with van der Waals surface area (Å²) in [7, 11) is 2.25. The lowest BCUT2D eigenvalue weighted by molar-refractivity contribution is 0.286. The van der Waals surface area contributed by atoms with E-state index in [0.717, 1.165) is 40.6 Å². The molecule has 5 nitrogen and oxygen atoms in total. The van der Waals surface area contributed by atoms with Crippen LogP contribution in [0.5, 0.6) is 0 Å². The van der Waals surface area contributed by atoms with Crippen LogP contribution in [0.2, 0.25) is 0 Å². The number of fused-ring (bicyclic) bond motifs is 1. The van der Waals surface area contributed by atoms with E-state index in [4.69, 9.17) is 9.97 Å². The molecular weight excluding hydrogens is 366 g/mol. The maximum Gasteiger partial charge on any atom is 0.194 e. The lowest BCUT2D eigenvalue weighted by Gasteiger charge is -2.20. The van der Waals surface area contributed by atoms with E-state index in [1.807, 2.05) is 6.33 Å². The van der Waals surface area contributed by atoms with Gasteiger partial charge in [0.05, 0.1) is 29.1 Å². The van der Waals surface area contributed by atoms with Crippen LogP contribution in [0.4, 0.5) is 0 Å². The number of rotatable bonds is 5. The molecule has 3 aromatic heterocycles. The number of benzene rings is 1. The third-order valence-corrected chi connectivity index (χ3v) is 6.68. The Bertz CT molecular complexity index is 1090. The Morgan fingerprint density at radius 2 is 2.04 bits per heavy atom. The van der Waals surface area contributed by atoms with Gasteiger partial charge in [0.2, 0.25) is 0 Å². The Morgan fingerprint density at radius 3 is 2.82 bits per heavy atom. The molecule has 1 atom stereocenters. The second kappa shape index (κ2) is 7.18. The quantitative estimate of drug-likeness (QED) is 0.494. The molecule has 0 saturated carbocycles. The largest absolute Gasteiger partial charge is 0.329 e. The highest BCUT2D eigenvalue weighted by molar-refractivity contribution is 7.15. The molecule has 0 N–H and O–H groups in total. The van der Waals surface area contributed by atoms with Gasteiger partial charge in [-0.2, -0.15) is 0 Å². The van der Waals surface area contributed by atoms with E-state index in [0.29, 0.717) is 6.04 Å². The molecule has 0 spiro atoms. The molecule has 6 heteroatoms. The van der Waals surface area contributed by atoms with Gasteiger partial charge in [-0.15, -0.1) is 11.3 Å². The molecule has 1 aliphatic heterocycles. The van der Waals surface area contributed by atoms with Crippen LogP contribution >= 0.6 is 11.3 Å². The number of aromatic nitrogens is 4. The SMILES string of the molecule is Cc1nc2sccn2c1-c1c(-c2ccccc2)ncn1CC[C@@H]1CCCN1C. The van der Waals surface area contributed by atoms with Gasteiger partial charge in [0.15, 0.2) is 4.96 Å². The molecule has 1 aliphatic rings. The standard InChI is InChI=1S/C22H25N5S/c1-16-20(27-13-14-28-22(27)24-16)21-19(17-7-4-3-5-8-17)23-15-26(21)12-10-18-9-6-11-25(18)2/h3-5,7-8,13-15,18H,6,9-12H2,1-2H3/t18-/m0/s1. The molecule has 1 fully saturated rings. The maximum absolute atomic E-state index is 4.85. The number of hydrogen-bond donors (Lipinski definition) is 0. The van der Waals surface area contributed by atoms with E-state index in [9.17, 15) is 0 Å². The molecule has 5 rings (SSSR count). The van der Waals surface area contributed by atoms with Gasteiger partial charge in [-0.1, -0.05) is 30.3 Å². The van der Waals surface area contributed by atoms with E-state index in [-0.39, 0.29) is 0 Å². The van der Waals surface area contributed by atoms with Gasteiger partial charge in [-0.3, -0.25) is 4.40 Å². The Hall–Kier alpha value is -2.44. The predicted octanol–water partition coefficient (Wildman–Crippen LogP) is 4.72. The lowest BCUT2D eigenvalue weighted by atomic mass is 10.1. The fourth-order valence-electron chi connectivity index (χ4n) is 4.42. The minimum atomic E-state index is 0.670. The summed E-state index contributed by atoms with van der Waals surface area (Å²) >= 11 is 1.68. The minimum absolute atomic E-state index is 0.670. The van der Waals surface area contributed by atoms with Crippen molar-refractivity contribution in [3.05, 3.63) is 53.9 Å².